The van der Waals surface area contributed by atoms with Gasteiger partial charge in [-0.1, -0.05) is 60.8 Å². The smallest absolute Gasteiger partial charge is 0.0447 e. The Morgan fingerprint density at radius 1 is 0.952 bits per heavy atom. The second-order valence-electron chi connectivity index (χ2n) is 6.30. The first-order valence-corrected chi connectivity index (χ1v) is 8.54. The van der Waals surface area contributed by atoms with E-state index in [1.165, 1.54) is 41.5 Å². The SMILES string of the molecule is CCCC1CC2c3cccc(Cl)c3C1c1c(Cl)cccc12. The number of fused-ring (bicyclic) bond motifs is 1. The van der Waals surface area contributed by atoms with E-state index in [9.17, 15) is 0 Å². The van der Waals surface area contributed by atoms with Crippen LogP contribution < -0.4 is 0 Å². The average Bonchev–Trinajstić information content (AvgIpc) is 2.48. The molecule has 0 radical (unpaired) electrons. The van der Waals surface area contributed by atoms with E-state index in [1.54, 1.807) is 0 Å². The third-order valence-corrected chi connectivity index (χ3v) is 5.87. The zero-order chi connectivity index (χ0) is 14.6. The van der Waals surface area contributed by atoms with Crippen molar-refractivity contribution in [2.24, 2.45) is 5.92 Å². The van der Waals surface area contributed by atoms with Crippen LogP contribution in [0.15, 0.2) is 36.4 Å². The summed E-state index contributed by atoms with van der Waals surface area (Å²) in [4.78, 5) is 0. The van der Waals surface area contributed by atoms with E-state index in [4.69, 9.17) is 23.2 Å². The Morgan fingerprint density at radius 2 is 1.52 bits per heavy atom. The fourth-order valence-corrected chi connectivity index (χ4v) is 5.10. The molecule has 21 heavy (non-hydrogen) atoms. The van der Waals surface area contributed by atoms with Gasteiger partial charge >= 0.3 is 0 Å². The first-order chi connectivity index (χ1) is 10.2. The zero-order valence-electron chi connectivity index (χ0n) is 12.1. The Hall–Kier alpha value is -0.980. The molecule has 0 N–H and O–H groups in total. The molecule has 3 aliphatic carbocycles. The van der Waals surface area contributed by atoms with Crippen molar-refractivity contribution in [1.29, 1.82) is 0 Å². The Balaban J connectivity index is 1.99. The van der Waals surface area contributed by atoms with Crippen LogP contribution in [0.2, 0.25) is 10.0 Å². The maximum Gasteiger partial charge on any atom is 0.0447 e. The van der Waals surface area contributed by atoms with E-state index in [0.717, 1.165) is 10.0 Å². The standard InChI is InChI=1S/C19H18Cl2/c1-2-5-11-10-14-12-6-3-8-15(20)18(12)17(11)19-13(14)7-4-9-16(19)21/h3-4,6-9,11,14,17H,2,5,10H2,1H3. The lowest BCUT2D eigenvalue weighted by Gasteiger charge is -2.46. The lowest BCUT2D eigenvalue weighted by atomic mass is 9.58. The van der Waals surface area contributed by atoms with Crippen molar-refractivity contribution in [2.75, 3.05) is 0 Å². The van der Waals surface area contributed by atoms with Gasteiger partial charge < -0.3 is 0 Å². The summed E-state index contributed by atoms with van der Waals surface area (Å²) in [5.74, 6) is 1.51. The van der Waals surface area contributed by atoms with Crippen molar-refractivity contribution in [2.45, 2.75) is 38.0 Å². The first-order valence-electron chi connectivity index (χ1n) is 7.79. The van der Waals surface area contributed by atoms with Crippen molar-refractivity contribution >= 4 is 23.2 Å². The van der Waals surface area contributed by atoms with Crippen molar-refractivity contribution in [3.63, 3.8) is 0 Å². The van der Waals surface area contributed by atoms with Gasteiger partial charge in [0.1, 0.15) is 0 Å². The number of hydrogen-bond acceptors (Lipinski definition) is 0. The van der Waals surface area contributed by atoms with Crippen LogP contribution in [0.4, 0.5) is 0 Å². The van der Waals surface area contributed by atoms with Crippen LogP contribution in [-0.2, 0) is 0 Å². The Bertz CT molecular complexity index is 651. The van der Waals surface area contributed by atoms with Gasteiger partial charge in [-0.05, 0) is 53.1 Å². The lowest BCUT2D eigenvalue weighted by Crippen LogP contribution is -2.32. The Kier molecular flexibility index (Phi) is 3.28. The molecule has 108 valence electrons. The summed E-state index contributed by atoms with van der Waals surface area (Å²) in [7, 11) is 0. The van der Waals surface area contributed by atoms with E-state index in [1.807, 2.05) is 12.1 Å². The number of hydrogen-bond donors (Lipinski definition) is 0. The molecule has 0 nitrogen and oxygen atoms in total. The normalized spacial score (nSPS) is 25.6. The minimum Gasteiger partial charge on any atom is -0.0840 e. The molecule has 0 aliphatic heterocycles. The number of benzene rings is 2. The maximum atomic E-state index is 6.58. The number of rotatable bonds is 2. The van der Waals surface area contributed by atoms with E-state index < -0.39 is 0 Å². The molecular weight excluding hydrogens is 299 g/mol. The minimum atomic E-state index is 0.377. The predicted molar refractivity (Wildman–Crippen MR) is 89.6 cm³/mol. The van der Waals surface area contributed by atoms with Crippen LogP contribution >= 0.6 is 23.2 Å². The van der Waals surface area contributed by atoms with Crippen LogP contribution in [0.3, 0.4) is 0 Å². The van der Waals surface area contributed by atoms with E-state index in [0.29, 0.717) is 17.8 Å². The monoisotopic (exact) mass is 316 g/mol. The molecule has 0 saturated heterocycles. The Labute approximate surface area is 136 Å². The molecule has 0 spiro atoms. The van der Waals surface area contributed by atoms with Crippen molar-refractivity contribution in [3.05, 3.63) is 68.7 Å². The second kappa shape index (κ2) is 5.04. The van der Waals surface area contributed by atoms with Crippen molar-refractivity contribution in [3.8, 4) is 0 Å². The minimum absolute atomic E-state index is 0.377. The van der Waals surface area contributed by atoms with E-state index in [2.05, 4.69) is 31.2 Å². The van der Waals surface area contributed by atoms with Gasteiger partial charge in [-0.15, -0.1) is 0 Å². The molecule has 0 aromatic heterocycles. The topological polar surface area (TPSA) is 0 Å². The molecule has 1 unspecified atom stereocenters. The van der Waals surface area contributed by atoms with Gasteiger partial charge in [0, 0.05) is 21.9 Å². The summed E-state index contributed by atoms with van der Waals surface area (Å²) in [5.41, 5.74) is 5.54. The highest BCUT2D eigenvalue weighted by atomic mass is 35.5. The maximum absolute atomic E-state index is 6.58. The summed E-state index contributed by atoms with van der Waals surface area (Å²) in [5, 5.41) is 1.82. The zero-order valence-corrected chi connectivity index (χ0v) is 13.6. The molecule has 2 heteroatoms. The quantitative estimate of drug-likeness (QED) is 0.602. The first kappa shape index (κ1) is 13.7. The fourth-order valence-electron chi connectivity index (χ4n) is 4.50. The fraction of sp³-hybridized carbons (Fsp3) is 0.368. The molecule has 1 atom stereocenters. The molecule has 0 heterocycles. The third kappa shape index (κ3) is 1.89. The highest BCUT2D eigenvalue weighted by molar-refractivity contribution is 6.32. The summed E-state index contributed by atoms with van der Waals surface area (Å²) in [6, 6.07) is 12.7. The summed E-state index contributed by atoms with van der Waals surface area (Å²) >= 11 is 13.2. The van der Waals surface area contributed by atoms with Gasteiger partial charge in [0.2, 0.25) is 0 Å². The van der Waals surface area contributed by atoms with Crippen LogP contribution in [0, 0.1) is 5.92 Å². The predicted octanol–water partition coefficient (Wildman–Crippen LogP) is 6.39. The third-order valence-electron chi connectivity index (χ3n) is 5.22. The van der Waals surface area contributed by atoms with Crippen LogP contribution in [0.25, 0.3) is 0 Å². The van der Waals surface area contributed by atoms with E-state index in [-0.39, 0.29) is 0 Å². The molecule has 5 rings (SSSR count). The van der Waals surface area contributed by atoms with Gasteiger partial charge in [0.15, 0.2) is 0 Å². The van der Waals surface area contributed by atoms with Crippen LogP contribution in [0.5, 0.6) is 0 Å². The van der Waals surface area contributed by atoms with Crippen LogP contribution in [-0.4, -0.2) is 0 Å². The largest absolute Gasteiger partial charge is 0.0840 e. The molecule has 2 aromatic carbocycles. The van der Waals surface area contributed by atoms with Crippen LogP contribution in [0.1, 0.15) is 60.3 Å². The van der Waals surface area contributed by atoms with Gasteiger partial charge in [0.25, 0.3) is 0 Å². The van der Waals surface area contributed by atoms with Gasteiger partial charge in [0.05, 0.1) is 0 Å². The van der Waals surface area contributed by atoms with Gasteiger partial charge in [-0.25, -0.2) is 0 Å². The average molecular weight is 317 g/mol. The number of halogens is 2. The van der Waals surface area contributed by atoms with Gasteiger partial charge in [-0.3, -0.25) is 0 Å². The van der Waals surface area contributed by atoms with E-state index >= 15 is 0 Å². The molecule has 0 saturated carbocycles. The molecule has 0 fully saturated rings. The highest BCUT2D eigenvalue weighted by Crippen LogP contribution is 2.59. The second-order valence-corrected chi connectivity index (χ2v) is 7.11. The summed E-state index contributed by atoms with van der Waals surface area (Å²) < 4.78 is 0. The van der Waals surface area contributed by atoms with Crippen molar-refractivity contribution in [1.82, 2.24) is 0 Å². The molecule has 2 aromatic rings. The summed E-state index contributed by atoms with van der Waals surface area (Å²) in [6.45, 7) is 2.27. The molecule has 0 amide bonds. The summed E-state index contributed by atoms with van der Waals surface area (Å²) in [6.07, 6.45) is 3.70. The molecule has 3 aliphatic rings. The highest BCUT2D eigenvalue weighted by Gasteiger charge is 2.44. The molecular formula is C19H18Cl2. The Morgan fingerprint density at radius 3 is 2.05 bits per heavy atom. The van der Waals surface area contributed by atoms with Gasteiger partial charge in [-0.2, -0.15) is 0 Å². The molecule has 2 bridgehead atoms. The van der Waals surface area contributed by atoms with Crippen molar-refractivity contribution < 1.29 is 0 Å². The lowest BCUT2D eigenvalue weighted by molar-refractivity contribution is 0.333.